The molecule has 0 aromatic heterocycles. The van der Waals surface area contributed by atoms with Crippen molar-refractivity contribution in [2.75, 3.05) is 17.1 Å². The summed E-state index contributed by atoms with van der Waals surface area (Å²) < 4.78 is 12.0. The molecule has 2 aliphatic heterocycles. The number of methoxy groups -OCH3 is 1. The van der Waals surface area contributed by atoms with Gasteiger partial charge in [0.15, 0.2) is 17.6 Å². The number of benzene rings is 4. The summed E-state index contributed by atoms with van der Waals surface area (Å²) in [5.74, 6) is -1.55. The molecule has 200 valence electrons. The molecule has 4 aromatic carbocycles. The predicted molar refractivity (Wildman–Crippen MR) is 156 cm³/mol. The van der Waals surface area contributed by atoms with Crippen LogP contribution in [0, 0.1) is 9.49 Å². The van der Waals surface area contributed by atoms with Crippen LogP contribution in [0.2, 0.25) is 0 Å². The average molecular weight is 646 g/mol. The van der Waals surface area contributed by atoms with Gasteiger partial charge in [-0.2, -0.15) is 0 Å². The lowest BCUT2D eigenvalue weighted by Gasteiger charge is -2.29. The molecule has 2 amide bonds. The second kappa shape index (κ2) is 10.7. The normalized spacial score (nSPS) is 20.0. The first-order valence-electron chi connectivity index (χ1n) is 12.6. The summed E-state index contributed by atoms with van der Waals surface area (Å²) in [6, 6.07) is 29.7. The highest BCUT2D eigenvalue weighted by atomic mass is 127. The second-order valence-corrected chi connectivity index (χ2v) is 10.4. The van der Waals surface area contributed by atoms with Crippen LogP contribution in [0.4, 0.5) is 11.4 Å². The summed E-state index contributed by atoms with van der Waals surface area (Å²) in [6.45, 7) is 0. The van der Waals surface area contributed by atoms with Crippen molar-refractivity contribution in [2.24, 2.45) is 5.92 Å². The largest absolute Gasteiger partial charge is 0.493 e. The van der Waals surface area contributed by atoms with Crippen molar-refractivity contribution in [1.82, 2.24) is 0 Å². The second-order valence-electron chi connectivity index (χ2n) is 9.29. The lowest BCUT2D eigenvalue weighted by atomic mass is 9.90. The van der Waals surface area contributed by atoms with Crippen LogP contribution in [-0.4, -0.2) is 31.0 Å². The molecule has 4 aromatic rings. The van der Waals surface area contributed by atoms with Gasteiger partial charge in [0.1, 0.15) is 5.92 Å². The predicted octanol–water partition coefficient (Wildman–Crippen LogP) is 5.57. The molecule has 2 fully saturated rings. The smallest absolute Gasteiger partial charge is 0.343 e. The van der Waals surface area contributed by atoms with Crippen molar-refractivity contribution in [1.29, 1.82) is 0 Å². The Labute approximate surface area is 244 Å². The molecule has 8 nitrogen and oxygen atoms in total. The molecule has 2 heterocycles. The van der Waals surface area contributed by atoms with E-state index in [1.54, 1.807) is 59.7 Å². The molecule has 2 saturated heterocycles. The van der Waals surface area contributed by atoms with Crippen LogP contribution in [0.25, 0.3) is 0 Å². The van der Waals surface area contributed by atoms with Crippen LogP contribution in [0.15, 0.2) is 103 Å². The molecule has 0 bridgehead atoms. The van der Waals surface area contributed by atoms with Gasteiger partial charge >= 0.3 is 5.97 Å². The van der Waals surface area contributed by atoms with E-state index in [1.165, 1.54) is 12.0 Å². The van der Waals surface area contributed by atoms with Crippen molar-refractivity contribution in [3.8, 4) is 11.5 Å². The number of carbonyl (C=O) groups excluding carboxylic acids is 3. The van der Waals surface area contributed by atoms with Crippen molar-refractivity contribution in [2.45, 2.75) is 12.1 Å². The third-order valence-corrected chi connectivity index (χ3v) is 7.87. The number of anilines is 2. The Bertz CT molecular complexity index is 1600. The van der Waals surface area contributed by atoms with Gasteiger partial charge in [-0.15, -0.1) is 0 Å². The number of nitrogens with zero attached hydrogens (tertiary/aromatic N) is 2. The highest BCUT2D eigenvalue weighted by molar-refractivity contribution is 14.1. The van der Waals surface area contributed by atoms with Gasteiger partial charge in [0.2, 0.25) is 5.91 Å². The lowest BCUT2D eigenvalue weighted by Crippen LogP contribution is -2.37. The molecule has 0 radical (unpaired) electrons. The molecule has 3 atom stereocenters. The van der Waals surface area contributed by atoms with Crippen LogP contribution in [0.1, 0.15) is 22.0 Å². The zero-order valence-corrected chi connectivity index (χ0v) is 23.4. The summed E-state index contributed by atoms with van der Waals surface area (Å²) in [5, 5.41) is 1.61. The molecule has 0 unspecified atom stereocenters. The number of halogens is 1. The van der Waals surface area contributed by atoms with Gasteiger partial charge < -0.3 is 9.47 Å². The molecule has 0 N–H and O–H groups in total. The van der Waals surface area contributed by atoms with Gasteiger partial charge in [-0.05, 0) is 76.7 Å². The number of carbonyl (C=O) groups is 3. The van der Waals surface area contributed by atoms with E-state index in [0.717, 1.165) is 3.57 Å². The van der Waals surface area contributed by atoms with Gasteiger partial charge in [0.25, 0.3) is 5.91 Å². The lowest BCUT2D eigenvalue weighted by molar-refractivity contribution is -0.126. The molecule has 2 aliphatic rings. The fourth-order valence-corrected chi connectivity index (χ4v) is 5.74. The number of esters is 1. The van der Waals surface area contributed by atoms with Gasteiger partial charge in [-0.1, -0.05) is 54.6 Å². The first-order valence-corrected chi connectivity index (χ1v) is 13.6. The van der Waals surface area contributed by atoms with E-state index in [0.29, 0.717) is 28.3 Å². The monoisotopic (exact) mass is 646 g/mol. The first kappa shape index (κ1) is 26.0. The molecule has 40 heavy (non-hydrogen) atoms. The van der Waals surface area contributed by atoms with Crippen molar-refractivity contribution >= 4 is 51.7 Å². The van der Waals surface area contributed by atoms with Gasteiger partial charge in [-0.3, -0.25) is 14.4 Å². The van der Waals surface area contributed by atoms with Crippen molar-refractivity contribution in [3.05, 3.63) is 118 Å². The first-order chi connectivity index (χ1) is 19.5. The zero-order chi connectivity index (χ0) is 27.8. The fraction of sp³-hybridized carbons (Fsp3) is 0.129. The summed E-state index contributed by atoms with van der Waals surface area (Å²) in [5.41, 5.74) is 2.30. The van der Waals surface area contributed by atoms with Gasteiger partial charge in [0.05, 0.1) is 30.1 Å². The minimum atomic E-state index is -1.00. The molecule has 0 spiro atoms. The fourth-order valence-electron chi connectivity index (χ4n) is 5.11. The van der Waals surface area contributed by atoms with E-state index in [9.17, 15) is 14.4 Å². The van der Waals surface area contributed by atoms with E-state index >= 15 is 0 Å². The number of ether oxygens (including phenoxy) is 2. The number of hydroxylamine groups is 1. The molecule has 0 saturated carbocycles. The summed E-state index contributed by atoms with van der Waals surface area (Å²) in [7, 11) is 1.48. The van der Waals surface area contributed by atoms with Crippen LogP contribution in [-0.2, 0) is 14.4 Å². The Morgan fingerprint density at radius 2 is 1.50 bits per heavy atom. The quantitative estimate of drug-likeness (QED) is 0.117. The van der Waals surface area contributed by atoms with Crippen molar-refractivity contribution < 1.29 is 28.7 Å². The topological polar surface area (TPSA) is 85.4 Å². The van der Waals surface area contributed by atoms with E-state index in [4.69, 9.17) is 14.3 Å². The molecule has 0 aliphatic carbocycles. The Balaban J connectivity index is 1.39. The van der Waals surface area contributed by atoms with E-state index < -0.39 is 29.9 Å². The summed E-state index contributed by atoms with van der Waals surface area (Å²) >= 11 is 2.12. The third kappa shape index (κ3) is 4.50. The number of fused-ring (bicyclic) bond motifs is 1. The number of amides is 2. The highest BCUT2D eigenvalue weighted by Gasteiger charge is 2.60. The molecule has 9 heteroatoms. The number of rotatable bonds is 6. The zero-order valence-electron chi connectivity index (χ0n) is 21.3. The summed E-state index contributed by atoms with van der Waals surface area (Å²) in [4.78, 5) is 47.7. The van der Waals surface area contributed by atoms with Crippen LogP contribution < -0.4 is 19.4 Å². The Hall–Kier alpha value is -4.22. The van der Waals surface area contributed by atoms with E-state index in [2.05, 4.69) is 22.6 Å². The SMILES string of the molecule is COc1cc([C@@H]2[C@@H]3C(=O)N(c4ccccc4I)C(=O)[C@@H]3ON2c2ccccc2)ccc1OC(=O)c1ccccc1. The highest BCUT2D eigenvalue weighted by Crippen LogP contribution is 2.49. The van der Waals surface area contributed by atoms with E-state index in [1.807, 2.05) is 48.5 Å². The number of hydrogen-bond acceptors (Lipinski definition) is 7. The van der Waals surface area contributed by atoms with Gasteiger partial charge in [0, 0.05) is 3.57 Å². The maximum atomic E-state index is 13.9. The maximum absolute atomic E-state index is 13.9. The van der Waals surface area contributed by atoms with E-state index in [-0.39, 0.29) is 11.7 Å². The van der Waals surface area contributed by atoms with Crippen LogP contribution in [0.3, 0.4) is 0 Å². The van der Waals surface area contributed by atoms with Gasteiger partial charge in [-0.25, -0.2) is 14.8 Å². The standard InChI is InChI=1S/C31H23IN2O6/c1-38-25-18-20(16-17-24(25)39-31(37)19-10-4-2-5-11-19)27-26-28(40-34(27)21-12-6-3-7-13-21)30(36)33(29(26)35)23-15-9-8-14-22(23)32/h2-18,26-28H,1H3/t26-,27+,28+/m0/s1. The summed E-state index contributed by atoms with van der Waals surface area (Å²) in [6.07, 6.45) is -1.00. The van der Waals surface area contributed by atoms with Crippen LogP contribution >= 0.6 is 22.6 Å². The number of para-hydroxylation sites is 2. The number of hydrogen-bond donors (Lipinski definition) is 0. The molecular formula is C31H23IN2O6. The Kier molecular flexibility index (Phi) is 6.99. The minimum Gasteiger partial charge on any atom is -0.493 e. The maximum Gasteiger partial charge on any atom is 0.343 e. The Morgan fingerprint density at radius 3 is 2.20 bits per heavy atom. The molecule has 6 rings (SSSR count). The molecular weight excluding hydrogens is 623 g/mol. The number of imide groups is 1. The third-order valence-electron chi connectivity index (χ3n) is 6.96. The van der Waals surface area contributed by atoms with Crippen LogP contribution in [0.5, 0.6) is 11.5 Å². The Morgan fingerprint density at radius 1 is 0.825 bits per heavy atom. The minimum absolute atomic E-state index is 0.233. The van der Waals surface area contributed by atoms with Crippen molar-refractivity contribution in [3.63, 3.8) is 0 Å². The average Bonchev–Trinajstić information content (AvgIpc) is 3.50.